The van der Waals surface area contributed by atoms with Crippen molar-refractivity contribution in [2.75, 3.05) is 17.3 Å². The van der Waals surface area contributed by atoms with Crippen LogP contribution in [-0.4, -0.2) is 25.1 Å². The minimum Gasteiger partial charge on any atom is -0.338 e. The molecule has 0 aliphatic rings. The van der Waals surface area contributed by atoms with Crippen LogP contribution in [0.25, 0.3) is 0 Å². The van der Waals surface area contributed by atoms with Crippen molar-refractivity contribution in [2.45, 2.75) is 24.7 Å². The number of alkyl halides is 1. The van der Waals surface area contributed by atoms with Gasteiger partial charge >= 0.3 is 0 Å². The van der Waals surface area contributed by atoms with Crippen LogP contribution in [0.4, 0.5) is 31.9 Å². The Labute approximate surface area is 173 Å². The van der Waals surface area contributed by atoms with Gasteiger partial charge in [0.2, 0.25) is 16.0 Å². The van der Waals surface area contributed by atoms with Gasteiger partial charge in [-0.25, -0.2) is 22.9 Å². The Morgan fingerprint density at radius 1 is 1.07 bits per heavy atom. The number of halogens is 2. The normalized spacial score (nSPS) is 11.3. The quantitative estimate of drug-likeness (QED) is 0.496. The Morgan fingerprint density at radius 3 is 2.43 bits per heavy atom. The second kappa shape index (κ2) is 9.14. The molecule has 0 saturated heterocycles. The van der Waals surface area contributed by atoms with Gasteiger partial charge in [-0.05, 0) is 55.2 Å². The standard InChI is InChI=1S/C20H21F2N5O2S/c1-13-4-7-16(11-18(13)30(23,28)29)26-20-24-12-17(22)19(27-20)25-15-8-5-14(6-9-15)3-2-10-21/h4-9,11-12H,2-3,10H2,1H3,(H2,23,28,29)(H2,24,25,26,27). The van der Waals surface area contributed by atoms with Crippen LogP contribution < -0.4 is 15.8 Å². The van der Waals surface area contributed by atoms with Gasteiger partial charge in [0.25, 0.3) is 0 Å². The fourth-order valence-electron chi connectivity index (χ4n) is 2.79. The fourth-order valence-corrected chi connectivity index (χ4v) is 3.60. The molecule has 3 rings (SSSR count). The molecule has 0 atom stereocenters. The summed E-state index contributed by atoms with van der Waals surface area (Å²) in [4.78, 5) is 7.97. The van der Waals surface area contributed by atoms with E-state index in [0.717, 1.165) is 11.8 Å². The number of rotatable bonds is 8. The van der Waals surface area contributed by atoms with Crippen LogP contribution in [0.3, 0.4) is 0 Å². The predicted octanol–water partition coefficient (Wildman–Crippen LogP) is 3.96. The maximum absolute atomic E-state index is 14.2. The topological polar surface area (TPSA) is 110 Å². The number of nitrogens with zero attached hydrogens (tertiary/aromatic N) is 2. The van der Waals surface area contributed by atoms with Crippen molar-refractivity contribution in [3.8, 4) is 0 Å². The number of hydrogen-bond donors (Lipinski definition) is 3. The highest BCUT2D eigenvalue weighted by Crippen LogP contribution is 2.23. The first kappa shape index (κ1) is 21.6. The number of primary sulfonamides is 1. The summed E-state index contributed by atoms with van der Waals surface area (Å²) in [5.74, 6) is -0.637. The molecule has 2 aromatic carbocycles. The van der Waals surface area contributed by atoms with Gasteiger partial charge in [0.05, 0.1) is 17.8 Å². The van der Waals surface area contributed by atoms with Crippen molar-refractivity contribution < 1.29 is 17.2 Å². The van der Waals surface area contributed by atoms with Gasteiger partial charge < -0.3 is 10.6 Å². The molecule has 1 aromatic heterocycles. The van der Waals surface area contributed by atoms with Crippen LogP contribution in [0.15, 0.2) is 53.6 Å². The number of hydrogen-bond acceptors (Lipinski definition) is 6. The molecule has 0 aliphatic heterocycles. The lowest BCUT2D eigenvalue weighted by atomic mass is 10.1. The monoisotopic (exact) mass is 433 g/mol. The number of benzene rings is 2. The molecule has 1 heterocycles. The van der Waals surface area contributed by atoms with E-state index < -0.39 is 15.8 Å². The second-order valence-corrected chi connectivity index (χ2v) is 8.18. The highest BCUT2D eigenvalue weighted by Gasteiger charge is 2.13. The lowest BCUT2D eigenvalue weighted by Crippen LogP contribution is -2.14. The van der Waals surface area contributed by atoms with Crippen LogP contribution in [0.2, 0.25) is 0 Å². The number of nitrogens with two attached hydrogens (primary N) is 1. The van der Waals surface area contributed by atoms with Crippen LogP contribution in [0, 0.1) is 12.7 Å². The van der Waals surface area contributed by atoms with Crippen molar-refractivity contribution in [3.05, 3.63) is 65.6 Å². The Kier molecular flexibility index (Phi) is 6.58. The highest BCUT2D eigenvalue weighted by molar-refractivity contribution is 7.89. The molecule has 4 N–H and O–H groups in total. The van der Waals surface area contributed by atoms with Gasteiger partial charge in [0.15, 0.2) is 11.6 Å². The van der Waals surface area contributed by atoms with E-state index in [-0.39, 0.29) is 23.3 Å². The largest absolute Gasteiger partial charge is 0.338 e. The average molecular weight is 433 g/mol. The maximum Gasteiger partial charge on any atom is 0.238 e. The van der Waals surface area contributed by atoms with Crippen LogP contribution >= 0.6 is 0 Å². The fraction of sp³-hybridized carbons (Fsp3) is 0.200. The lowest BCUT2D eigenvalue weighted by molar-refractivity contribution is 0.473. The summed E-state index contributed by atoms with van der Waals surface area (Å²) in [6.45, 7) is 1.25. The number of sulfonamides is 1. The van der Waals surface area contributed by atoms with E-state index >= 15 is 0 Å². The zero-order valence-electron chi connectivity index (χ0n) is 16.2. The van der Waals surface area contributed by atoms with Gasteiger partial charge in [0, 0.05) is 11.4 Å². The van der Waals surface area contributed by atoms with Gasteiger partial charge in [-0.3, -0.25) is 4.39 Å². The predicted molar refractivity (Wildman–Crippen MR) is 112 cm³/mol. The van der Waals surface area contributed by atoms with E-state index in [2.05, 4.69) is 20.6 Å². The highest BCUT2D eigenvalue weighted by atomic mass is 32.2. The molecule has 10 heteroatoms. The van der Waals surface area contributed by atoms with Gasteiger partial charge in [-0.1, -0.05) is 18.2 Å². The number of nitrogens with one attached hydrogen (secondary N) is 2. The van der Waals surface area contributed by atoms with Crippen molar-refractivity contribution in [3.63, 3.8) is 0 Å². The van der Waals surface area contributed by atoms with Crippen LogP contribution in [-0.2, 0) is 16.4 Å². The van der Waals surface area contributed by atoms with Crippen molar-refractivity contribution in [1.29, 1.82) is 0 Å². The first-order chi connectivity index (χ1) is 14.3. The molecule has 0 fully saturated rings. The number of aromatic nitrogens is 2. The number of anilines is 4. The van der Waals surface area contributed by atoms with Crippen LogP contribution in [0.1, 0.15) is 17.5 Å². The van der Waals surface area contributed by atoms with Gasteiger partial charge in [0.1, 0.15) is 0 Å². The van der Waals surface area contributed by atoms with Crippen LogP contribution in [0.5, 0.6) is 0 Å². The summed E-state index contributed by atoms with van der Waals surface area (Å²) in [6, 6.07) is 11.8. The summed E-state index contributed by atoms with van der Waals surface area (Å²) in [5, 5.41) is 10.9. The third-order valence-corrected chi connectivity index (χ3v) is 5.36. The molecule has 0 unspecified atom stereocenters. The van der Waals surface area contributed by atoms with E-state index in [9.17, 15) is 17.2 Å². The first-order valence-electron chi connectivity index (χ1n) is 9.11. The molecule has 0 saturated carbocycles. The molecular weight excluding hydrogens is 412 g/mol. The van der Waals surface area contributed by atoms with E-state index in [4.69, 9.17) is 5.14 Å². The zero-order chi connectivity index (χ0) is 21.7. The van der Waals surface area contributed by atoms with E-state index in [1.165, 1.54) is 6.07 Å². The average Bonchev–Trinajstić information content (AvgIpc) is 2.70. The Morgan fingerprint density at radius 2 is 1.77 bits per heavy atom. The smallest absolute Gasteiger partial charge is 0.238 e. The molecule has 7 nitrogen and oxygen atoms in total. The molecule has 158 valence electrons. The minimum absolute atomic E-state index is 0.0270. The molecule has 0 amide bonds. The third kappa shape index (κ3) is 5.49. The summed E-state index contributed by atoms with van der Waals surface area (Å²) in [5.41, 5.74) is 2.47. The molecule has 30 heavy (non-hydrogen) atoms. The second-order valence-electron chi connectivity index (χ2n) is 6.65. The summed E-state index contributed by atoms with van der Waals surface area (Å²) < 4.78 is 49.8. The molecule has 3 aromatic rings. The summed E-state index contributed by atoms with van der Waals surface area (Å²) >= 11 is 0. The molecule has 0 aliphatic carbocycles. The summed E-state index contributed by atoms with van der Waals surface area (Å²) in [6.07, 6.45) is 2.08. The maximum atomic E-state index is 14.2. The van der Waals surface area contributed by atoms with Gasteiger partial charge in [-0.2, -0.15) is 4.98 Å². The summed E-state index contributed by atoms with van der Waals surface area (Å²) in [7, 11) is -3.89. The molecule has 0 bridgehead atoms. The molecule has 0 radical (unpaired) electrons. The SMILES string of the molecule is Cc1ccc(Nc2ncc(F)c(Nc3ccc(CCCF)cc3)n2)cc1S(N)(=O)=O. The van der Waals surface area contributed by atoms with Gasteiger partial charge in [-0.15, -0.1) is 0 Å². The van der Waals surface area contributed by atoms with E-state index in [1.54, 1.807) is 31.2 Å². The lowest BCUT2D eigenvalue weighted by Gasteiger charge is -2.11. The van der Waals surface area contributed by atoms with Crippen molar-refractivity contribution in [1.82, 2.24) is 9.97 Å². The molecule has 0 spiro atoms. The Hall–Kier alpha value is -3.11. The Bertz CT molecular complexity index is 1140. The van der Waals surface area contributed by atoms with E-state index in [0.29, 0.717) is 29.8 Å². The first-order valence-corrected chi connectivity index (χ1v) is 10.7. The van der Waals surface area contributed by atoms with Crippen molar-refractivity contribution in [2.24, 2.45) is 5.14 Å². The van der Waals surface area contributed by atoms with E-state index in [1.807, 2.05) is 12.1 Å². The Balaban J connectivity index is 1.79. The number of aryl methyl sites for hydroxylation is 2. The minimum atomic E-state index is -3.89. The third-order valence-electron chi connectivity index (χ3n) is 4.31. The van der Waals surface area contributed by atoms with Crippen molar-refractivity contribution >= 4 is 33.2 Å². The molecular formula is C20H21F2N5O2S. The zero-order valence-corrected chi connectivity index (χ0v) is 17.0.